The van der Waals surface area contributed by atoms with Crippen LogP contribution in [-0.2, 0) is 12.6 Å². The number of nitrogens with one attached hydrogen (secondary N) is 1. The smallest absolute Gasteiger partial charge is 0.376 e. The summed E-state index contributed by atoms with van der Waals surface area (Å²) < 4.78 is 65.2. The predicted molar refractivity (Wildman–Crippen MR) is 57.9 cm³/mol. The van der Waals surface area contributed by atoms with Gasteiger partial charge in [0.15, 0.2) is 0 Å². The number of halogens is 5. The molecule has 0 aromatic heterocycles. The molecule has 0 spiro atoms. The molecule has 0 saturated heterocycles. The Balaban J connectivity index is 2.55. The molecule has 1 aliphatic heterocycles. The largest absolute Gasteiger partial charge is 0.418 e. The molecule has 1 atom stereocenters. The zero-order chi connectivity index (χ0) is 14.4. The first-order valence-electron chi connectivity index (χ1n) is 5.42. The standard InChI is InChI=1S/C12H9F5N2/c1-11(13,14)9-4-7-8(19-9)3-2-6(5-18)10(7)12(15,16)17/h2-3,9,19H,4H2,1H3. The third-order valence-electron chi connectivity index (χ3n) is 3.07. The first-order valence-corrected chi connectivity index (χ1v) is 5.42. The molecule has 1 aliphatic rings. The number of hydrogen-bond acceptors (Lipinski definition) is 2. The molecule has 102 valence electrons. The van der Waals surface area contributed by atoms with Gasteiger partial charge in [-0.25, -0.2) is 8.78 Å². The molecule has 19 heavy (non-hydrogen) atoms. The van der Waals surface area contributed by atoms with Gasteiger partial charge in [-0.15, -0.1) is 0 Å². The van der Waals surface area contributed by atoms with Gasteiger partial charge in [-0.2, -0.15) is 18.4 Å². The molecule has 1 aromatic rings. The SMILES string of the molecule is CC(F)(F)C1Cc2c(ccc(C#N)c2C(F)(F)F)N1. The predicted octanol–water partition coefficient (Wildman–Crippen LogP) is 3.57. The highest BCUT2D eigenvalue weighted by molar-refractivity contribution is 5.65. The minimum atomic E-state index is -4.74. The average molecular weight is 276 g/mol. The summed E-state index contributed by atoms with van der Waals surface area (Å²) in [5.74, 6) is -3.14. The van der Waals surface area contributed by atoms with Gasteiger partial charge in [0.05, 0.1) is 23.2 Å². The van der Waals surface area contributed by atoms with Crippen molar-refractivity contribution >= 4 is 5.69 Å². The van der Waals surface area contributed by atoms with Crippen molar-refractivity contribution in [3.8, 4) is 6.07 Å². The van der Waals surface area contributed by atoms with Crippen LogP contribution in [0.5, 0.6) is 0 Å². The van der Waals surface area contributed by atoms with Crippen LogP contribution in [0.1, 0.15) is 23.6 Å². The minimum Gasteiger partial charge on any atom is -0.376 e. The topological polar surface area (TPSA) is 35.8 Å². The molecule has 2 rings (SSSR count). The Morgan fingerprint density at radius 2 is 1.89 bits per heavy atom. The highest BCUT2D eigenvalue weighted by Gasteiger charge is 2.44. The molecule has 0 radical (unpaired) electrons. The maximum absolute atomic E-state index is 13.2. The van der Waals surface area contributed by atoms with Crippen LogP contribution in [0.25, 0.3) is 0 Å². The van der Waals surface area contributed by atoms with Gasteiger partial charge in [0.25, 0.3) is 5.92 Å². The average Bonchev–Trinajstić information content (AvgIpc) is 2.68. The number of benzene rings is 1. The number of anilines is 1. The van der Waals surface area contributed by atoms with Crippen molar-refractivity contribution in [2.45, 2.75) is 31.5 Å². The Morgan fingerprint density at radius 1 is 1.26 bits per heavy atom. The maximum Gasteiger partial charge on any atom is 0.418 e. The van der Waals surface area contributed by atoms with E-state index in [4.69, 9.17) is 5.26 Å². The second-order valence-electron chi connectivity index (χ2n) is 4.48. The molecule has 1 heterocycles. The number of hydrogen-bond donors (Lipinski definition) is 1. The van der Waals surface area contributed by atoms with Gasteiger partial charge in [0.1, 0.15) is 0 Å². The highest BCUT2D eigenvalue weighted by Crippen LogP contribution is 2.42. The third-order valence-corrected chi connectivity index (χ3v) is 3.07. The zero-order valence-corrected chi connectivity index (χ0v) is 9.78. The molecule has 1 aromatic carbocycles. The first-order chi connectivity index (χ1) is 8.64. The summed E-state index contributed by atoms with van der Waals surface area (Å²) >= 11 is 0. The van der Waals surface area contributed by atoms with Crippen LogP contribution in [0.3, 0.4) is 0 Å². The Bertz CT molecular complexity index is 551. The summed E-state index contributed by atoms with van der Waals surface area (Å²) in [6, 6.07) is 2.28. The lowest BCUT2D eigenvalue weighted by molar-refractivity contribution is -0.138. The van der Waals surface area contributed by atoms with E-state index in [0.29, 0.717) is 6.92 Å². The highest BCUT2D eigenvalue weighted by atomic mass is 19.4. The van der Waals surface area contributed by atoms with E-state index in [2.05, 4.69) is 5.32 Å². The summed E-state index contributed by atoms with van der Waals surface area (Å²) in [5.41, 5.74) is -1.92. The molecular formula is C12H9F5N2. The quantitative estimate of drug-likeness (QED) is 0.796. The molecule has 2 nitrogen and oxygen atoms in total. The second-order valence-corrected chi connectivity index (χ2v) is 4.48. The van der Waals surface area contributed by atoms with Crippen molar-refractivity contribution in [2.75, 3.05) is 5.32 Å². The Labute approximate surface area is 105 Å². The van der Waals surface area contributed by atoms with Crippen molar-refractivity contribution < 1.29 is 22.0 Å². The van der Waals surface area contributed by atoms with Crippen LogP contribution in [0.4, 0.5) is 27.6 Å². The fourth-order valence-corrected chi connectivity index (χ4v) is 2.16. The molecular weight excluding hydrogens is 267 g/mol. The molecule has 1 N–H and O–H groups in total. The van der Waals surface area contributed by atoms with Crippen LogP contribution < -0.4 is 5.32 Å². The van der Waals surface area contributed by atoms with Crippen LogP contribution in [0.15, 0.2) is 12.1 Å². The summed E-state index contributed by atoms with van der Waals surface area (Å²) in [7, 11) is 0. The van der Waals surface area contributed by atoms with Gasteiger partial charge in [-0.3, -0.25) is 0 Å². The maximum atomic E-state index is 13.2. The van der Waals surface area contributed by atoms with E-state index in [0.717, 1.165) is 6.07 Å². The van der Waals surface area contributed by atoms with Crippen LogP contribution in [0.2, 0.25) is 0 Å². The van der Waals surface area contributed by atoms with E-state index in [1.54, 1.807) is 0 Å². The number of alkyl halides is 5. The third kappa shape index (κ3) is 2.35. The molecule has 0 bridgehead atoms. The number of fused-ring (bicyclic) bond motifs is 1. The van der Waals surface area contributed by atoms with Gasteiger partial charge >= 0.3 is 6.18 Å². The van der Waals surface area contributed by atoms with Crippen molar-refractivity contribution in [1.82, 2.24) is 0 Å². The number of nitrogens with zero attached hydrogens (tertiary/aromatic N) is 1. The zero-order valence-electron chi connectivity index (χ0n) is 9.78. The lowest BCUT2D eigenvalue weighted by Crippen LogP contribution is -2.35. The van der Waals surface area contributed by atoms with E-state index in [9.17, 15) is 22.0 Å². The lowest BCUT2D eigenvalue weighted by atomic mass is 9.96. The normalized spacial score (nSPS) is 18.7. The van der Waals surface area contributed by atoms with E-state index in [-0.39, 0.29) is 11.3 Å². The molecule has 0 fully saturated rings. The Morgan fingerprint density at radius 3 is 2.37 bits per heavy atom. The van der Waals surface area contributed by atoms with E-state index in [1.807, 2.05) is 0 Å². The second kappa shape index (κ2) is 4.08. The van der Waals surface area contributed by atoms with Gasteiger partial charge in [-0.1, -0.05) is 0 Å². The summed E-state index contributed by atoms with van der Waals surface area (Å²) in [6.45, 7) is 0.648. The number of rotatable bonds is 1. The Kier molecular flexibility index (Phi) is 2.92. The monoisotopic (exact) mass is 276 g/mol. The first kappa shape index (κ1) is 13.6. The van der Waals surface area contributed by atoms with Gasteiger partial charge in [-0.05, 0) is 17.7 Å². The summed E-state index contributed by atoms with van der Waals surface area (Å²) in [6.07, 6.45) is -5.20. The van der Waals surface area contributed by atoms with Crippen molar-refractivity contribution in [3.63, 3.8) is 0 Å². The summed E-state index contributed by atoms with van der Waals surface area (Å²) in [4.78, 5) is 0. The Hall–Kier alpha value is -1.84. The fourth-order valence-electron chi connectivity index (χ4n) is 2.16. The van der Waals surface area contributed by atoms with Gasteiger partial charge in [0.2, 0.25) is 0 Å². The number of nitriles is 1. The van der Waals surface area contributed by atoms with Gasteiger partial charge in [0, 0.05) is 19.0 Å². The van der Waals surface area contributed by atoms with E-state index < -0.39 is 35.7 Å². The van der Waals surface area contributed by atoms with E-state index >= 15 is 0 Å². The van der Waals surface area contributed by atoms with Crippen molar-refractivity contribution in [2.24, 2.45) is 0 Å². The fraction of sp³-hybridized carbons (Fsp3) is 0.417. The van der Waals surface area contributed by atoms with Crippen LogP contribution in [-0.4, -0.2) is 12.0 Å². The minimum absolute atomic E-state index is 0.0119. The molecule has 7 heteroatoms. The molecule has 0 saturated carbocycles. The molecule has 0 aliphatic carbocycles. The molecule has 1 unspecified atom stereocenters. The van der Waals surface area contributed by atoms with Crippen molar-refractivity contribution in [1.29, 1.82) is 5.26 Å². The van der Waals surface area contributed by atoms with Crippen LogP contribution in [0, 0.1) is 11.3 Å². The van der Waals surface area contributed by atoms with Gasteiger partial charge < -0.3 is 5.32 Å². The molecule has 0 amide bonds. The summed E-state index contributed by atoms with van der Waals surface area (Å²) in [5, 5.41) is 11.1. The lowest BCUT2D eigenvalue weighted by Gasteiger charge is -2.18. The van der Waals surface area contributed by atoms with Crippen molar-refractivity contribution in [3.05, 3.63) is 28.8 Å². The van der Waals surface area contributed by atoms with E-state index in [1.165, 1.54) is 12.1 Å². The van der Waals surface area contributed by atoms with Crippen LogP contribution >= 0.6 is 0 Å².